The van der Waals surface area contributed by atoms with Crippen LogP contribution in [0.3, 0.4) is 0 Å². The highest BCUT2D eigenvalue weighted by molar-refractivity contribution is 5.76. The van der Waals surface area contributed by atoms with Crippen LogP contribution in [0.2, 0.25) is 0 Å². The van der Waals surface area contributed by atoms with E-state index in [-0.39, 0.29) is 0 Å². The molecule has 20 heavy (non-hydrogen) atoms. The molecule has 1 aliphatic rings. The Morgan fingerprint density at radius 3 is 2.40 bits per heavy atom. The topological polar surface area (TPSA) is 20.3 Å². The molecule has 0 unspecified atom stereocenters. The summed E-state index contributed by atoms with van der Waals surface area (Å²) in [5, 5.41) is 0. The summed E-state index contributed by atoms with van der Waals surface area (Å²) in [5.41, 5.74) is 0. The molecule has 1 amide bonds. The van der Waals surface area contributed by atoms with Gasteiger partial charge in [0.15, 0.2) is 0 Å². The van der Waals surface area contributed by atoms with E-state index in [1.54, 1.807) is 0 Å². The Morgan fingerprint density at radius 2 is 1.65 bits per heavy atom. The summed E-state index contributed by atoms with van der Waals surface area (Å²) in [6, 6.07) is 0.544. The molecule has 1 fully saturated rings. The second-order valence-corrected chi connectivity index (χ2v) is 6.40. The predicted octanol–water partition coefficient (Wildman–Crippen LogP) is 5.31. The van der Waals surface area contributed by atoms with Gasteiger partial charge >= 0.3 is 0 Å². The van der Waals surface area contributed by atoms with Crippen LogP contribution in [0.15, 0.2) is 0 Å². The summed E-state index contributed by atoms with van der Waals surface area (Å²) >= 11 is 0. The van der Waals surface area contributed by atoms with Crippen LogP contribution in [0.4, 0.5) is 0 Å². The number of amides is 1. The second-order valence-electron chi connectivity index (χ2n) is 6.40. The third kappa shape index (κ3) is 6.76. The van der Waals surface area contributed by atoms with E-state index in [1.165, 1.54) is 70.6 Å². The van der Waals surface area contributed by atoms with Gasteiger partial charge in [0, 0.05) is 19.0 Å². The molecule has 1 rings (SSSR count). The third-order valence-corrected chi connectivity index (χ3v) is 4.58. The molecule has 0 N–H and O–H groups in total. The highest BCUT2D eigenvalue weighted by Gasteiger charge is 2.25. The fraction of sp³-hybridized carbons (Fsp3) is 0.944. The number of carbonyl (C=O) groups excluding carboxylic acids is 1. The van der Waals surface area contributed by atoms with Crippen molar-refractivity contribution in [3.8, 4) is 0 Å². The van der Waals surface area contributed by atoms with Crippen LogP contribution < -0.4 is 0 Å². The molecular formula is C18H35NO. The summed E-state index contributed by atoms with van der Waals surface area (Å²) in [6.07, 6.45) is 16.0. The molecule has 0 spiro atoms. The van der Waals surface area contributed by atoms with Crippen LogP contribution in [-0.4, -0.2) is 23.4 Å². The zero-order valence-electron chi connectivity index (χ0n) is 13.8. The van der Waals surface area contributed by atoms with E-state index in [2.05, 4.69) is 18.7 Å². The Balaban J connectivity index is 2.38. The summed E-state index contributed by atoms with van der Waals surface area (Å²) < 4.78 is 0. The molecule has 0 aliphatic carbocycles. The summed E-state index contributed by atoms with van der Waals surface area (Å²) in [7, 11) is 0. The number of likely N-dealkylation sites (tertiary alicyclic amines) is 1. The van der Waals surface area contributed by atoms with Gasteiger partial charge < -0.3 is 4.90 Å². The quantitative estimate of drug-likeness (QED) is 0.497. The van der Waals surface area contributed by atoms with Crippen molar-refractivity contribution in [2.75, 3.05) is 6.54 Å². The number of unbranched alkanes of at least 4 members (excludes halogenated alkanes) is 6. The maximum atomic E-state index is 12.3. The first-order valence-corrected chi connectivity index (χ1v) is 9.09. The first kappa shape index (κ1) is 17.5. The number of hydrogen-bond acceptors (Lipinski definition) is 1. The van der Waals surface area contributed by atoms with Gasteiger partial charge in [-0.2, -0.15) is 0 Å². The van der Waals surface area contributed by atoms with Gasteiger partial charge in [-0.15, -0.1) is 0 Å². The smallest absolute Gasteiger partial charge is 0.222 e. The van der Waals surface area contributed by atoms with E-state index in [0.717, 1.165) is 19.4 Å². The monoisotopic (exact) mass is 281 g/mol. The molecule has 118 valence electrons. The van der Waals surface area contributed by atoms with Crippen molar-refractivity contribution in [3.63, 3.8) is 0 Å². The fourth-order valence-electron chi connectivity index (χ4n) is 3.28. The minimum atomic E-state index is 0.430. The first-order valence-electron chi connectivity index (χ1n) is 9.09. The van der Waals surface area contributed by atoms with Crippen molar-refractivity contribution in [2.24, 2.45) is 0 Å². The predicted molar refractivity (Wildman–Crippen MR) is 86.9 cm³/mol. The van der Waals surface area contributed by atoms with Gasteiger partial charge in [-0.25, -0.2) is 0 Å². The lowest BCUT2D eigenvalue weighted by atomic mass is 10.0. The lowest BCUT2D eigenvalue weighted by molar-refractivity contribution is -0.133. The first-order chi connectivity index (χ1) is 9.79. The van der Waals surface area contributed by atoms with Gasteiger partial charge in [-0.05, 0) is 25.7 Å². The largest absolute Gasteiger partial charge is 0.340 e. The molecule has 1 saturated heterocycles. The molecule has 0 aromatic heterocycles. The molecule has 0 aromatic carbocycles. The molecule has 1 aliphatic heterocycles. The van der Waals surface area contributed by atoms with Gasteiger partial charge in [-0.1, -0.05) is 65.2 Å². The average Bonchev–Trinajstić information content (AvgIpc) is 2.62. The summed E-state index contributed by atoms with van der Waals surface area (Å²) in [6.45, 7) is 5.52. The zero-order chi connectivity index (χ0) is 14.6. The Labute approximate surface area is 126 Å². The van der Waals surface area contributed by atoms with Crippen molar-refractivity contribution in [1.29, 1.82) is 0 Å². The van der Waals surface area contributed by atoms with Crippen molar-refractivity contribution in [2.45, 2.75) is 103 Å². The zero-order valence-corrected chi connectivity index (χ0v) is 13.8. The Morgan fingerprint density at radius 1 is 0.950 bits per heavy atom. The van der Waals surface area contributed by atoms with Crippen LogP contribution in [0.5, 0.6) is 0 Å². The van der Waals surface area contributed by atoms with Crippen molar-refractivity contribution >= 4 is 5.91 Å². The van der Waals surface area contributed by atoms with E-state index in [0.29, 0.717) is 11.9 Å². The molecule has 0 bridgehead atoms. The molecule has 1 heterocycles. The molecule has 0 aromatic rings. The Kier molecular flexibility index (Phi) is 9.78. The third-order valence-electron chi connectivity index (χ3n) is 4.58. The van der Waals surface area contributed by atoms with Crippen LogP contribution in [0.25, 0.3) is 0 Å². The highest BCUT2D eigenvalue weighted by Crippen LogP contribution is 2.23. The normalized spacial score (nSPS) is 20.2. The summed E-state index contributed by atoms with van der Waals surface area (Å²) in [5.74, 6) is 0.430. The van der Waals surface area contributed by atoms with Crippen molar-refractivity contribution in [1.82, 2.24) is 4.90 Å². The van der Waals surface area contributed by atoms with E-state index < -0.39 is 0 Å². The maximum absolute atomic E-state index is 12.3. The van der Waals surface area contributed by atoms with E-state index in [9.17, 15) is 4.79 Å². The number of carbonyl (C=O) groups is 1. The highest BCUT2D eigenvalue weighted by atomic mass is 16.2. The number of nitrogens with zero attached hydrogens (tertiary/aromatic N) is 1. The molecule has 2 heteroatoms. The van der Waals surface area contributed by atoms with Crippen molar-refractivity contribution < 1.29 is 4.79 Å². The van der Waals surface area contributed by atoms with Gasteiger partial charge in [-0.3, -0.25) is 4.79 Å². The standard InChI is InChI=1S/C18H35NO/c1-3-5-7-8-12-16-19-17(13-9-6-4-2)14-10-11-15-18(19)20/h17H,3-16H2,1-2H3/t17-/m0/s1. The van der Waals surface area contributed by atoms with Gasteiger partial charge in [0.2, 0.25) is 5.91 Å². The van der Waals surface area contributed by atoms with Gasteiger partial charge in [0.25, 0.3) is 0 Å². The van der Waals surface area contributed by atoms with Crippen molar-refractivity contribution in [3.05, 3.63) is 0 Å². The molecule has 0 saturated carbocycles. The lowest BCUT2D eigenvalue weighted by Crippen LogP contribution is -2.39. The average molecular weight is 281 g/mol. The second kappa shape index (κ2) is 11.2. The van der Waals surface area contributed by atoms with Crippen LogP contribution in [-0.2, 0) is 4.79 Å². The van der Waals surface area contributed by atoms with Crippen LogP contribution in [0, 0.1) is 0 Å². The van der Waals surface area contributed by atoms with Crippen LogP contribution in [0.1, 0.15) is 97.3 Å². The van der Waals surface area contributed by atoms with E-state index in [1.807, 2.05) is 0 Å². The Hall–Kier alpha value is -0.530. The lowest BCUT2D eigenvalue weighted by Gasteiger charge is -2.30. The molecular weight excluding hydrogens is 246 g/mol. The van der Waals surface area contributed by atoms with Gasteiger partial charge in [0.1, 0.15) is 0 Å². The van der Waals surface area contributed by atoms with E-state index in [4.69, 9.17) is 0 Å². The molecule has 1 atom stereocenters. The number of rotatable bonds is 10. The molecule has 2 nitrogen and oxygen atoms in total. The summed E-state index contributed by atoms with van der Waals surface area (Å²) in [4.78, 5) is 14.5. The number of hydrogen-bond donors (Lipinski definition) is 0. The SMILES string of the molecule is CCCCCCCN1C(=O)CCCC[C@@H]1CCCCC. The Bertz CT molecular complexity index is 252. The maximum Gasteiger partial charge on any atom is 0.222 e. The van der Waals surface area contributed by atoms with Gasteiger partial charge in [0.05, 0.1) is 0 Å². The minimum absolute atomic E-state index is 0.430. The fourth-order valence-corrected chi connectivity index (χ4v) is 3.28. The molecule has 0 radical (unpaired) electrons. The minimum Gasteiger partial charge on any atom is -0.340 e. The van der Waals surface area contributed by atoms with E-state index >= 15 is 0 Å². The van der Waals surface area contributed by atoms with Crippen LogP contribution >= 0.6 is 0 Å².